The monoisotopic (exact) mass is 305 g/mol. The van der Waals surface area contributed by atoms with Crippen LogP contribution in [0.25, 0.3) is 0 Å². The van der Waals surface area contributed by atoms with E-state index in [9.17, 15) is 14.3 Å². The van der Waals surface area contributed by atoms with Gasteiger partial charge >= 0.3 is 0 Å². The Morgan fingerprint density at radius 1 is 1.32 bits per heavy atom. The van der Waals surface area contributed by atoms with Crippen LogP contribution >= 0.6 is 0 Å². The second kappa shape index (κ2) is 5.93. The number of rotatable bonds is 4. The Morgan fingerprint density at radius 2 is 2.00 bits per heavy atom. The molecule has 0 aliphatic carbocycles. The first kappa shape index (κ1) is 16.2. The van der Waals surface area contributed by atoms with Crippen molar-refractivity contribution in [1.29, 1.82) is 0 Å². The molecule has 22 heavy (non-hydrogen) atoms. The molecule has 1 heterocycles. The minimum Gasteiger partial charge on any atom is -0.466 e. The third-order valence-electron chi connectivity index (χ3n) is 3.66. The second-order valence-electron chi connectivity index (χ2n) is 5.74. The lowest BCUT2D eigenvalue weighted by molar-refractivity contribution is 0.0513. The number of halogens is 1. The Kier molecular flexibility index (Phi) is 4.37. The van der Waals surface area contributed by atoms with Crippen LogP contribution in [0.15, 0.2) is 28.7 Å². The van der Waals surface area contributed by atoms with Gasteiger partial charge in [0.15, 0.2) is 0 Å². The Balaban J connectivity index is 2.13. The fourth-order valence-electron chi connectivity index (χ4n) is 2.45. The summed E-state index contributed by atoms with van der Waals surface area (Å²) in [6.45, 7) is 6.89. The van der Waals surface area contributed by atoms with Crippen molar-refractivity contribution in [2.75, 3.05) is 6.54 Å². The summed E-state index contributed by atoms with van der Waals surface area (Å²) >= 11 is 0. The van der Waals surface area contributed by atoms with Crippen molar-refractivity contribution < 1.29 is 18.7 Å². The molecule has 0 saturated heterocycles. The molecule has 0 spiro atoms. The summed E-state index contributed by atoms with van der Waals surface area (Å²) in [6, 6.07) is 5.79. The van der Waals surface area contributed by atoms with Gasteiger partial charge in [0.2, 0.25) is 0 Å². The van der Waals surface area contributed by atoms with Crippen molar-refractivity contribution in [1.82, 2.24) is 5.32 Å². The molecule has 5 heteroatoms. The lowest BCUT2D eigenvalue weighted by Crippen LogP contribution is -2.39. The van der Waals surface area contributed by atoms with Gasteiger partial charge in [0.25, 0.3) is 5.91 Å². The van der Waals surface area contributed by atoms with Gasteiger partial charge in [0.1, 0.15) is 22.9 Å². The summed E-state index contributed by atoms with van der Waals surface area (Å²) in [7, 11) is 0. The number of aryl methyl sites for hydroxylation is 3. The SMILES string of the molecule is Cc1cc([C@](C)(O)CNC(=O)c2cc(F)ccc2C)c(C)o1. The molecular formula is C17H20FNO3. The first-order valence-corrected chi connectivity index (χ1v) is 7.05. The van der Waals surface area contributed by atoms with Gasteiger partial charge < -0.3 is 14.8 Å². The molecule has 118 valence electrons. The molecule has 0 aliphatic heterocycles. The minimum absolute atomic E-state index is 0.00159. The predicted octanol–water partition coefficient (Wildman–Crippen LogP) is 2.98. The Hall–Kier alpha value is -2.14. The smallest absolute Gasteiger partial charge is 0.251 e. The summed E-state index contributed by atoms with van der Waals surface area (Å²) in [5, 5.41) is 13.2. The van der Waals surface area contributed by atoms with Crippen LogP contribution in [0.2, 0.25) is 0 Å². The van der Waals surface area contributed by atoms with Crippen molar-refractivity contribution in [3.05, 3.63) is 58.3 Å². The lowest BCUT2D eigenvalue weighted by atomic mass is 9.96. The number of nitrogens with one attached hydrogen (secondary N) is 1. The van der Waals surface area contributed by atoms with Gasteiger partial charge in [-0.25, -0.2) is 4.39 Å². The fourth-order valence-corrected chi connectivity index (χ4v) is 2.45. The maximum atomic E-state index is 13.3. The topological polar surface area (TPSA) is 62.5 Å². The van der Waals surface area contributed by atoms with Crippen molar-refractivity contribution in [3.63, 3.8) is 0 Å². The van der Waals surface area contributed by atoms with E-state index < -0.39 is 17.3 Å². The van der Waals surface area contributed by atoms with E-state index in [1.54, 1.807) is 39.8 Å². The number of hydrogen-bond donors (Lipinski definition) is 2. The van der Waals surface area contributed by atoms with E-state index in [0.717, 1.165) is 0 Å². The first-order valence-electron chi connectivity index (χ1n) is 7.05. The summed E-state index contributed by atoms with van der Waals surface area (Å²) in [4.78, 5) is 12.2. The van der Waals surface area contributed by atoms with E-state index in [0.29, 0.717) is 22.6 Å². The maximum absolute atomic E-state index is 13.3. The highest BCUT2D eigenvalue weighted by Gasteiger charge is 2.28. The third kappa shape index (κ3) is 3.36. The molecule has 0 fully saturated rings. The van der Waals surface area contributed by atoms with Crippen molar-refractivity contribution in [3.8, 4) is 0 Å². The minimum atomic E-state index is -1.27. The number of carbonyl (C=O) groups excluding carboxylic acids is 1. The number of hydrogen-bond acceptors (Lipinski definition) is 3. The quantitative estimate of drug-likeness (QED) is 0.913. The van der Waals surface area contributed by atoms with E-state index in [2.05, 4.69) is 5.32 Å². The van der Waals surface area contributed by atoms with E-state index in [1.165, 1.54) is 12.1 Å². The molecule has 0 unspecified atom stereocenters. The van der Waals surface area contributed by atoms with Gasteiger partial charge in [-0.1, -0.05) is 6.07 Å². The molecule has 2 N–H and O–H groups in total. The highest BCUT2D eigenvalue weighted by Crippen LogP contribution is 2.26. The Bertz CT molecular complexity index is 704. The Labute approximate surface area is 129 Å². The Morgan fingerprint density at radius 3 is 2.59 bits per heavy atom. The van der Waals surface area contributed by atoms with Crippen LogP contribution in [-0.2, 0) is 5.60 Å². The van der Waals surface area contributed by atoms with Crippen LogP contribution in [0.4, 0.5) is 4.39 Å². The summed E-state index contributed by atoms with van der Waals surface area (Å²) < 4.78 is 18.7. The van der Waals surface area contributed by atoms with Gasteiger partial charge in [-0.05, 0) is 51.5 Å². The van der Waals surface area contributed by atoms with Crippen molar-refractivity contribution in [2.45, 2.75) is 33.3 Å². The van der Waals surface area contributed by atoms with Gasteiger partial charge in [0.05, 0.1) is 6.54 Å². The number of furan rings is 1. The molecule has 1 atom stereocenters. The zero-order valence-electron chi connectivity index (χ0n) is 13.2. The van der Waals surface area contributed by atoms with E-state index in [-0.39, 0.29) is 12.1 Å². The molecule has 2 rings (SSSR count). The second-order valence-corrected chi connectivity index (χ2v) is 5.74. The average molecular weight is 305 g/mol. The molecular weight excluding hydrogens is 285 g/mol. The highest BCUT2D eigenvalue weighted by molar-refractivity contribution is 5.95. The maximum Gasteiger partial charge on any atom is 0.251 e. The van der Waals surface area contributed by atoms with E-state index >= 15 is 0 Å². The van der Waals surface area contributed by atoms with Crippen LogP contribution in [0, 0.1) is 26.6 Å². The van der Waals surface area contributed by atoms with Crippen molar-refractivity contribution >= 4 is 5.91 Å². The molecule has 0 bridgehead atoms. The number of aliphatic hydroxyl groups is 1. The van der Waals surface area contributed by atoms with Gasteiger partial charge in [-0.2, -0.15) is 0 Å². The van der Waals surface area contributed by atoms with Gasteiger partial charge in [-0.3, -0.25) is 4.79 Å². The van der Waals surface area contributed by atoms with Gasteiger partial charge in [0, 0.05) is 11.1 Å². The van der Waals surface area contributed by atoms with Crippen LogP contribution in [0.3, 0.4) is 0 Å². The highest BCUT2D eigenvalue weighted by atomic mass is 19.1. The van der Waals surface area contributed by atoms with Crippen LogP contribution in [0.1, 0.15) is 39.9 Å². The third-order valence-corrected chi connectivity index (χ3v) is 3.66. The number of carbonyl (C=O) groups is 1. The molecule has 0 saturated carbocycles. The zero-order chi connectivity index (χ0) is 16.5. The summed E-state index contributed by atoms with van der Waals surface area (Å²) in [5.41, 5.74) is 0.296. The largest absolute Gasteiger partial charge is 0.466 e. The number of amides is 1. The van der Waals surface area contributed by atoms with Gasteiger partial charge in [-0.15, -0.1) is 0 Å². The molecule has 1 aromatic carbocycles. The normalized spacial score (nSPS) is 13.7. The summed E-state index contributed by atoms with van der Waals surface area (Å²) in [5.74, 6) is 0.415. The standard InChI is InChI=1S/C17H20FNO3/c1-10-5-6-13(18)8-14(10)16(20)19-9-17(4,21)15-7-11(2)22-12(15)3/h5-8,21H,9H2,1-4H3,(H,19,20)/t17-/m1/s1. The van der Waals surface area contributed by atoms with Crippen LogP contribution in [-0.4, -0.2) is 17.6 Å². The molecule has 0 radical (unpaired) electrons. The molecule has 1 aromatic heterocycles. The average Bonchev–Trinajstić information content (AvgIpc) is 2.79. The molecule has 4 nitrogen and oxygen atoms in total. The lowest BCUT2D eigenvalue weighted by Gasteiger charge is -2.23. The number of benzene rings is 1. The zero-order valence-corrected chi connectivity index (χ0v) is 13.2. The van der Waals surface area contributed by atoms with Crippen LogP contribution in [0.5, 0.6) is 0 Å². The van der Waals surface area contributed by atoms with E-state index in [1.807, 2.05) is 0 Å². The molecule has 2 aromatic rings. The summed E-state index contributed by atoms with van der Waals surface area (Å²) in [6.07, 6.45) is 0. The van der Waals surface area contributed by atoms with Crippen molar-refractivity contribution in [2.24, 2.45) is 0 Å². The molecule has 0 aliphatic rings. The predicted molar refractivity (Wildman–Crippen MR) is 81.2 cm³/mol. The fraction of sp³-hybridized carbons (Fsp3) is 0.353. The first-order chi connectivity index (χ1) is 10.2. The van der Waals surface area contributed by atoms with E-state index in [4.69, 9.17) is 4.42 Å². The molecule has 1 amide bonds. The van der Waals surface area contributed by atoms with Crippen LogP contribution < -0.4 is 5.32 Å².